The lowest BCUT2D eigenvalue weighted by Gasteiger charge is -2.38. The Kier molecular flexibility index (Phi) is 4.55. The Balaban J connectivity index is 1.43. The van der Waals surface area contributed by atoms with Gasteiger partial charge >= 0.3 is 6.03 Å². The van der Waals surface area contributed by atoms with E-state index in [0.717, 1.165) is 37.1 Å². The highest BCUT2D eigenvalue weighted by atomic mass is 19.1. The summed E-state index contributed by atoms with van der Waals surface area (Å²) >= 11 is 0. The molecule has 4 nitrogen and oxygen atoms in total. The van der Waals surface area contributed by atoms with Crippen LogP contribution in [0.15, 0.2) is 48.5 Å². The maximum Gasteiger partial charge on any atom is 0.318 e. The predicted octanol–water partition coefficient (Wildman–Crippen LogP) is 3.72. The summed E-state index contributed by atoms with van der Waals surface area (Å²) in [5.74, 6) is -0.254. The number of urea groups is 1. The van der Waals surface area contributed by atoms with Crippen molar-refractivity contribution in [2.24, 2.45) is 0 Å². The van der Waals surface area contributed by atoms with Gasteiger partial charge in [0.1, 0.15) is 5.82 Å². The summed E-state index contributed by atoms with van der Waals surface area (Å²) < 4.78 is 13.5. The Hall–Kier alpha value is -2.40. The van der Waals surface area contributed by atoms with Crippen LogP contribution >= 0.6 is 0 Å². The number of hydrogen-bond acceptors (Lipinski definition) is 2. The average molecular weight is 379 g/mol. The van der Waals surface area contributed by atoms with Crippen molar-refractivity contribution in [3.8, 4) is 0 Å². The van der Waals surface area contributed by atoms with E-state index in [2.05, 4.69) is 22.3 Å². The Morgan fingerprint density at radius 1 is 1.00 bits per heavy atom. The summed E-state index contributed by atoms with van der Waals surface area (Å²) in [6.45, 7) is 2.91. The summed E-state index contributed by atoms with van der Waals surface area (Å²) in [6.07, 6.45) is 4.28. The van der Waals surface area contributed by atoms with Crippen LogP contribution in [-0.4, -0.2) is 47.5 Å². The maximum absolute atomic E-state index is 13.5. The van der Waals surface area contributed by atoms with E-state index in [1.54, 1.807) is 12.1 Å². The number of rotatable bonds is 2. The monoisotopic (exact) mass is 379 g/mol. The van der Waals surface area contributed by atoms with Crippen molar-refractivity contribution >= 4 is 6.03 Å². The van der Waals surface area contributed by atoms with Crippen LogP contribution in [0.1, 0.15) is 42.0 Å². The summed E-state index contributed by atoms with van der Waals surface area (Å²) in [4.78, 5) is 17.8. The predicted molar refractivity (Wildman–Crippen MR) is 107 cm³/mol. The second-order valence-electron chi connectivity index (χ2n) is 8.19. The molecule has 146 valence electrons. The first-order chi connectivity index (χ1) is 13.7. The number of fused-ring (bicyclic) bond motifs is 2. The Bertz CT molecular complexity index is 868. The highest BCUT2D eigenvalue weighted by Crippen LogP contribution is 2.36. The Labute approximate surface area is 165 Å². The van der Waals surface area contributed by atoms with Gasteiger partial charge in [0.05, 0.1) is 6.04 Å². The van der Waals surface area contributed by atoms with Gasteiger partial charge in [0, 0.05) is 25.2 Å². The lowest BCUT2D eigenvalue weighted by atomic mass is 9.88. The molecule has 3 atom stereocenters. The molecule has 0 bridgehead atoms. The van der Waals surface area contributed by atoms with Gasteiger partial charge in [-0.1, -0.05) is 36.4 Å². The molecule has 2 aromatic carbocycles. The fourth-order valence-electron chi connectivity index (χ4n) is 5.28. The molecular formula is C23H26FN3O. The first-order valence-corrected chi connectivity index (χ1v) is 10.3. The van der Waals surface area contributed by atoms with E-state index in [4.69, 9.17) is 0 Å². The minimum absolute atomic E-state index is 0.00239. The average Bonchev–Trinajstić information content (AvgIpc) is 3.33. The fraction of sp³-hybridized carbons (Fsp3) is 0.435. The van der Waals surface area contributed by atoms with Crippen molar-refractivity contribution in [3.05, 3.63) is 71.0 Å². The highest BCUT2D eigenvalue weighted by Gasteiger charge is 2.40. The number of carbonyl (C=O) groups excluding carboxylic acids is 1. The number of benzene rings is 2. The van der Waals surface area contributed by atoms with Crippen molar-refractivity contribution < 1.29 is 9.18 Å². The third-order valence-corrected chi connectivity index (χ3v) is 6.64. The zero-order valence-electron chi connectivity index (χ0n) is 16.0. The molecular weight excluding hydrogens is 353 g/mol. The molecule has 28 heavy (non-hydrogen) atoms. The fourth-order valence-corrected chi connectivity index (χ4v) is 5.28. The smallest absolute Gasteiger partial charge is 0.318 e. The van der Waals surface area contributed by atoms with E-state index in [9.17, 15) is 9.18 Å². The van der Waals surface area contributed by atoms with Crippen LogP contribution in [0, 0.1) is 5.82 Å². The summed E-state index contributed by atoms with van der Waals surface area (Å²) in [5, 5.41) is 3.33. The van der Waals surface area contributed by atoms with Gasteiger partial charge in [-0.3, -0.25) is 4.90 Å². The van der Waals surface area contributed by atoms with Crippen LogP contribution in [0.2, 0.25) is 0 Å². The van der Waals surface area contributed by atoms with Crippen molar-refractivity contribution in [1.29, 1.82) is 0 Å². The zero-order chi connectivity index (χ0) is 19.1. The van der Waals surface area contributed by atoms with Gasteiger partial charge in [0.15, 0.2) is 0 Å². The zero-order valence-corrected chi connectivity index (χ0v) is 16.0. The molecule has 0 saturated carbocycles. The number of nitrogens with zero attached hydrogens (tertiary/aromatic N) is 2. The second-order valence-corrected chi connectivity index (χ2v) is 8.19. The summed E-state index contributed by atoms with van der Waals surface area (Å²) in [7, 11) is 0. The minimum atomic E-state index is -0.254. The molecule has 0 aliphatic carbocycles. The largest absolute Gasteiger partial charge is 0.334 e. The SMILES string of the molecule is O=C(N[C@H]1CCN2CCC[C@@H]12)N1CCc2ccccc2[C@@H]1c1ccc(F)cc1. The number of hydrogen-bond donors (Lipinski definition) is 1. The van der Waals surface area contributed by atoms with Crippen molar-refractivity contribution in [3.63, 3.8) is 0 Å². The van der Waals surface area contributed by atoms with Crippen molar-refractivity contribution in [2.45, 2.75) is 43.8 Å². The molecule has 5 heteroatoms. The standard InChI is InChI=1S/C23H26FN3O/c24-18-9-7-17(8-10-18)22-19-5-2-1-4-16(19)11-15-27(22)23(28)25-20-12-14-26-13-3-6-21(20)26/h1-2,4-5,7-10,20-22H,3,6,11-15H2,(H,25,28)/t20-,21-,22-/m0/s1. The van der Waals surface area contributed by atoms with Crippen LogP contribution in [-0.2, 0) is 6.42 Å². The van der Waals surface area contributed by atoms with Gasteiger partial charge in [-0.25, -0.2) is 9.18 Å². The van der Waals surface area contributed by atoms with Crippen LogP contribution in [0.4, 0.5) is 9.18 Å². The van der Waals surface area contributed by atoms with Gasteiger partial charge in [0.2, 0.25) is 0 Å². The van der Waals surface area contributed by atoms with Crippen LogP contribution in [0.25, 0.3) is 0 Å². The lowest BCUT2D eigenvalue weighted by Crippen LogP contribution is -2.51. The van der Waals surface area contributed by atoms with Gasteiger partial charge in [-0.05, 0) is 61.1 Å². The van der Waals surface area contributed by atoms with E-state index >= 15 is 0 Å². The van der Waals surface area contributed by atoms with Gasteiger partial charge in [0.25, 0.3) is 0 Å². The maximum atomic E-state index is 13.5. The highest BCUT2D eigenvalue weighted by molar-refractivity contribution is 5.76. The van der Waals surface area contributed by atoms with Gasteiger partial charge in [-0.15, -0.1) is 0 Å². The second kappa shape index (κ2) is 7.21. The summed E-state index contributed by atoms with van der Waals surface area (Å²) in [5.41, 5.74) is 3.37. The molecule has 5 rings (SSSR count). The first-order valence-electron chi connectivity index (χ1n) is 10.3. The number of amides is 2. The normalized spacial score (nSPS) is 26.8. The van der Waals surface area contributed by atoms with Gasteiger partial charge < -0.3 is 10.2 Å². The first kappa shape index (κ1) is 17.7. The molecule has 2 aromatic rings. The molecule has 3 heterocycles. The molecule has 1 N–H and O–H groups in total. The van der Waals surface area contributed by atoms with Crippen LogP contribution in [0.5, 0.6) is 0 Å². The molecule has 2 saturated heterocycles. The molecule has 3 aliphatic heterocycles. The van der Waals surface area contributed by atoms with E-state index in [1.807, 2.05) is 17.0 Å². The molecule has 0 unspecified atom stereocenters. The Morgan fingerprint density at radius 3 is 2.68 bits per heavy atom. The van der Waals surface area contributed by atoms with Crippen LogP contribution < -0.4 is 5.32 Å². The molecule has 2 fully saturated rings. The molecule has 3 aliphatic rings. The third kappa shape index (κ3) is 3.08. The topological polar surface area (TPSA) is 35.6 Å². The number of nitrogens with one attached hydrogen (secondary N) is 1. The van der Waals surface area contributed by atoms with E-state index < -0.39 is 0 Å². The van der Waals surface area contributed by atoms with Crippen molar-refractivity contribution in [1.82, 2.24) is 15.1 Å². The number of carbonyl (C=O) groups is 1. The summed E-state index contributed by atoms with van der Waals surface area (Å²) in [6, 6.07) is 15.4. The molecule has 0 spiro atoms. The minimum Gasteiger partial charge on any atom is -0.334 e. The third-order valence-electron chi connectivity index (χ3n) is 6.64. The van der Waals surface area contributed by atoms with Crippen molar-refractivity contribution in [2.75, 3.05) is 19.6 Å². The number of halogens is 1. The lowest BCUT2D eigenvalue weighted by molar-refractivity contribution is 0.173. The van der Waals surface area contributed by atoms with E-state index in [-0.39, 0.29) is 23.9 Å². The van der Waals surface area contributed by atoms with E-state index in [0.29, 0.717) is 12.6 Å². The molecule has 2 amide bonds. The van der Waals surface area contributed by atoms with Gasteiger partial charge in [-0.2, -0.15) is 0 Å². The van der Waals surface area contributed by atoms with E-state index in [1.165, 1.54) is 30.5 Å². The quantitative estimate of drug-likeness (QED) is 0.863. The molecule has 0 radical (unpaired) electrons. The van der Waals surface area contributed by atoms with Crippen LogP contribution in [0.3, 0.4) is 0 Å². The molecule has 0 aromatic heterocycles. The Morgan fingerprint density at radius 2 is 1.82 bits per heavy atom.